The zero-order valence-electron chi connectivity index (χ0n) is 48.2. The van der Waals surface area contributed by atoms with E-state index in [1.807, 2.05) is 0 Å². The van der Waals surface area contributed by atoms with E-state index in [0.717, 1.165) is 148 Å². The van der Waals surface area contributed by atoms with Crippen molar-refractivity contribution in [3.05, 3.63) is 97.2 Å². The maximum absolute atomic E-state index is 12.9. The summed E-state index contributed by atoms with van der Waals surface area (Å²) in [4.78, 5) is 48.6. The van der Waals surface area contributed by atoms with E-state index in [2.05, 4.69) is 118 Å². The number of rotatable bonds is 55. The van der Waals surface area contributed by atoms with Gasteiger partial charge in [-0.1, -0.05) is 234 Å². The molecule has 0 bridgehead atoms. The SMILES string of the molecule is CC/C=C\C/C=C\C/C=C\C/C=C\CCCCCCCCC(=O)OC(CO)COP(=O)(O)OCC(COC(=O)CCCCCCCCCCCCC)OC(=O)CCCCCCCC/C=C\C/C=C\C/C=C\C/C=C\CC. The molecule has 11 nitrogen and oxygen atoms in total. The Morgan fingerprint density at radius 2 is 0.684 bits per heavy atom. The predicted octanol–water partition coefficient (Wildman–Crippen LogP) is 18.0. The number of aliphatic hydroxyl groups is 1. The Morgan fingerprint density at radius 3 is 1.05 bits per heavy atom. The molecular weight excluding hydrogens is 976 g/mol. The van der Waals surface area contributed by atoms with E-state index in [4.69, 9.17) is 23.3 Å². The fourth-order valence-electron chi connectivity index (χ4n) is 7.99. The minimum absolute atomic E-state index is 0.148. The molecule has 0 aliphatic rings. The molecule has 0 saturated heterocycles. The van der Waals surface area contributed by atoms with Crippen LogP contribution in [0.15, 0.2) is 97.2 Å². The summed E-state index contributed by atoms with van der Waals surface area (Å²) in [7, 11) is -4.76. The molecule has 0 aliphatic heterocycles. The van der Waals surface area contributed by atoms with Crippen LogP contribution in [-0.2, 0) is 42.2 Å². The molecule has 0 aromatic carbocycles. The van der Waals surface area contributed by atoms with Crippen LogP contribution in [0.1, 0.15) is 252 Å². The third-order valence-corrected chi connectivity index (χ3v) is 13.5. The van der Waals surface area contributed by atoms with E-state index in [0.29, 0.717) is 19.3 Å². The zero-order chi connectivity index (χ0) is 55.5. The van der Waals surface area contributed by atoms with Crippen LogP contribution in [0.2, 0.25) is 0 Å². The van der Waals surface area contributed by atoms with E-state index in [9.17, 15) is 28.9 Å². The molecule has 3 unspecified atom stereocenters. The Kier molecular flexibility index (Phi) is 54.8. The Hall–Kier alpha value is -3.60. The summed E-state index contributed by atoms with van der Waals surface area (Å²) < 4.78 is 39.6. The monoisotopic (exact) mass is 1080 g/mol. The number of unbranched alkanes of at least 4 members (excludes halogenated alkanes) is 22. The normalized spacial score (nSPS) is 14.0. The van der Waals surface area contributed by atoms with Gasteiger partial charge in [0, 0.05) is 19.3 Å². The number of phosphoric ester groups is 1. The molecule has 0 aromatic rings. The second-order valence-corrected chi connectivity index (χ2v) is 21.2. The van der Waals surface area contributed by atoms with Gasteiger partial charge in [0.1, 0.15) is 12.7 Å². The van der Waals surface area contributed by atoms with E-state index < -0.39 is 57.8 Å². The van der Waals surface area contributed by atoms with E-state index in [1.54, 1.807) is 0 Å². The molecule has 0 amide bonds. The van der Waals surface area contributed by atoms with Gasteiger partial charge in [-0.3, -0.25) is 23.4 Å². The molecule has 436 valence electrons. The molecule has 76 heavy (non-hydrogen) atoms. The van der Waals surface area contributed by atoms with Crippen LogP contribution in [0.25, 0.3) is 0 Å². The summed E-state index contributed by atoms with van der Waals surface area (Å²) in [6.07, 6.45) is 67.9. The minimum atomic E-state index is -4.76. The van der Waals surface area contributed by atoms with Crippen LogP contribution >= 0.6 is 7.82 Å². The van der Waals surface area contributed by atoms with Crippen molar-refractivity contribution in [2.24, 2.45) is 0 Å². The summed E-state index contributed by atoms with van der Waals surface area (Å²) in [5, 5.41) is 9.83. The lowest BCUT2D eigenvalue weighted by Gasteiger charge is -2.21. The largest absolute Gasteiger partial charge is 0.472 e. The van der Waals surface area contributed by atoms with E-state index in [1.165, 1.54) is 44.9 Å². The standard InChI is InChI=1S/C64H109O11P/c1-4-7-10-13-16-19-22-24-26-28-30-32-34-36-39-42-45-48-51-54-63(67)74-60(56-65)58-72-76(69,70)73-59-61(57-71-62(66)53-50-47-44-41-38-21-18-15-12-9-6-3)75-64(68)55-52-49-46-43-40-37-35-33-31-29-27-25-23-20-17-14-11-8-5-2/h7-8,10-11,16-17,19-20,24-27,30-33,60-61,65H,4-6,9,12-15,18,21-23,28-29,34-59H2,1-3H3,(H,69,70)/b10-7-,11-8-,19-16-,20-17-,26-24-,27-25-,32-30-,33-31-. The molecule has 0 spiro atoms. The van der Waals surface area contributed by atoms with Gasteiger partial charge in [0.15, 0.2) is 6.10 Å². The number of aliphatic hydroxyl groups excluding tert-OH is 1. The van der Waals surface area contributed by atoms with Gasteiger partial charge in [-0.15, -0.1) is 0 Å². The molecule has 2 N–H and O–H groups in total. The van der Waals surface area contributed by atoms with Gasteiger partial charge in [-0.2, -0.15) is 0 Å². The van der Waals surface area contributed by atoms with Crippen molar-refractivity contribution in [1.82, 2.24) is 0 Å². The van der Waals surface area contributed by atoms with Crippen molar-refractivity contribution < 1.29 is 52.2 Å². The topological polar surface area (TPSA) is 155 Å². The van der Waals surface area contributed by atoms with E-state index >= 15 is 0 Å². The van der Waals surface area contributed by atoms with Crippen molar-refractivity contribution in [2.45, 2.75) is 264 Å². The predicted molar refractivity (Wildman–Crippen MR) is 316 cm³/mol. The number of hydrogen-bond donors (Lipinski definition) is 2. The van der Waals surface area contributed by atoms with Gasteiger partial charge in [-0.05, 0) is 96.3 Å². The van der Waals surface area contributed by atoms with Gasteiger partial charge < -0.3 is 24.2 Å². The number of phosphoric acid groups is 1. The quantitative estimate of drug-likeness (QED) is 0.0197. The molecule has 0 rings (SSSR count). The highest BCUT2D eigenvalue weighted by atomic mass is 31.2. The zero-order valence-corrected chi connectivity index (χ0v) is 49.1. The lowest BCUT2D eigenvalue weighted by Crippen LogP contribution is -2.30. The summed E-state index contributed by atoms with van der Waals surface area (Å²) in [6.45, 7) is 4.39. The van der Waals surface area contributed by atoms with Crippen LogP contribution in [0.4, 0.5) is 0 Å². The average molecular weight is 1090 g/mol. The number of esters is 3. The minimum Gasteiger partial charge on any atom is -0.462 e. The first-order valence-electron chi connectivity index (χ1n) is 30.1. The average Bonchev–Trinajstić information content (AvgIpc) is 3.41. The van der Waals surface area contributed by atoms with Gasteiger partial charge in [0.2, 0.25) is 0 Å². The number of ether oxygens (including phenoxy) is 3. The van der Waals surface area contributed by atoms with Crippen LogP contribution in [-0.4, -0.2) is 66.5 Å². The van der Waals surface area contributed by atoms with Gasteiger partial charge in [0.25, 0.3) is 0 Å². The highest BCUT2D eigenvalue weighted by molar-refractivity contribution is 7.47. The molecule has 3 atom stereocenters. The number of allylic oxidation sites excluding steroid dienone is 16. The highest BCUT2D eigenvalue weighted by Crippen LogP contribution is 2.43. The highest BCUT2D eigenvalue weighted by Gasteiger charge is 2.28. The number of carbonyl (C=O) groups excluding carboxylic acids is 3. The second kappa shape index (κ2) is 57.6. The van der Waals surface area contributed by atoms with Crippen LogP contribution in [0.5, 0.6) is 0 Å². The molecule has 0 fully saturated rings. The fourth-order valence-corrected chi connectivity index (χ4v) is 8.77. The maximum atomic E-state index is 12.9. The first-order valence-corrected chi connectivity index (χ1v) is 31.6. The van der Waals surface area contributed by atoms with Gasteiger partial charge >= 0.3 is 25.7 Å². The molecule has 0 heterocycles. The Balaban J connectivity index is 4.69. The first kappa shape index (κ1) is 72.4. The van der Waals surface area contributed by atoms with Crippen molar-refractivity contribution in [2.75, 3.05) is 26.4 Å². The summed E-state index contributed by atoms with van der Waals surface area (Å²) in [5.74, 6) is -1.49. The molecule has 12 heteroatoms. The summed E-state index contributed by atoms with van der Waals surface area (Å²) >= 11 is 0. The summed E-state index contributed by atoms with van der Waals surface area (Å²) in [6, 6.07) is 0. The third kappa shape index (κ3) is 55.2. The van der Waals surface area contributed by atoms with Crippen molar-refractivity contribution in [3.8, 4) is 0 Å². The van der Waals surface area contributed by atoms with Crippen LogP contribution in [0, 0.1) is 0 Å². The fraction of sp³-hybridized carbons (Fsp3) is 0.703. The molecule has 0 aliphatic carbocycles. The first-order chi connectivity index (χ1) is 37.2. The molecular formula is C64H109O11P. The number of carbonyl (C=O) groups is 3. The lowest BCUT2D eigenvalue weighted by molar-refractivity contribution is -0.161. The van der Waals surface area contributed by atoms with Crippen LogP contribution in [0.3, 0.4) is 0 Å². The van der Waals surface area contributed by atoms with Crippen molar-refractivity contribution >= 4 is 25.7 Å². The summed E-state index contributed by atoms with van der Waals surface area (Å²) in [5.41, 5.74) is 0. The maximum Gasteiger partial charge on any atom is 0.472 e. The second-order valence-electron chi connectivity index (χ2n) is 19.8. The lowest BCUT2D eigenvalue weighted by atomic mass is 10.1. The molecule has 0 aromatic heterocycles. The third-order valence-electron chi connectivity index (χ3n) is 12.5. The Bertz CT molecular complexity index is 1640. The van der Waals surface area contributed by atoms with Crippen molar-refractivity contribution in [1.29, 1.82) is 0 Å². The van der Waals surface area contributed by atoms with E-state index in [-0.39, 0.29) is 25.9 Å². The number of hydrogen-bond acceptors (Lipinski definition) is 10. The molecule has 0 saturated carbocycles. The van der Waals surface area contributed by atoms with Gasteiger partial charge in [-0.25, -0.2) is 4.57 Å². The smallest absolute Gasteiger partial charge is 0.462 e. The Morgan fingerprint density at radius 1 is 0.382 bits per heavy atom. The Labute approximate surface area is 463 Å². The van der Waals surface area contributed by atoms with Crippen LogP contribution < -0.4 is 0 Å². The molecule has 0 radical (unpaired) electrons. The van der Waals surface area contributed by atoms with Crippen molar-refractivity contribution in [3.63, 3.8) is 0 Å². The van der Waals surface area contributed by atoms with Gasteiger partial charge in [0.05, 0.1) is 19.8 Å².